The van der Waals surface area contributed by atoms with Gasteiger partial charge in [-0.1, -0.05) is 42.8 Å². The van der Waals surface area contributed by atoms with E-state index in [9.17, 15) is 24.3 Å². The summed E-state index contributed by atoms with van der Waals surface area (Å²) < 4.78 is 9.27. The van der Waals surface area contributed by atoms with Crippen LogP contribution in [0, 0.1) is 11.3 Å². The minimum atomic E-state index is -1.18. The minimum Gasteiger partial charge on any atom is -0.503 e. The summed E-state index contributed by atoms with van der Waals surface area (Å²) in [5.41, 5.74) is -0.0781. The van der Waals surface area contributed by atoms with Gasteiger partial charge >= 0.3 is 11.4 Å². The van der Waals surface area contributed by atoms with Gasteiger partial charge in [-0.25, -0.2) is 23.5 Å². The molecule has 1 saturated carbocycles. The summed E-state index contributed by atoms with van der Waals surface area (Å²) in [5.74, 6) is -1.91. The number of allylic oxidation sites excluding steroid dienone is 4. The SMILES string of the molecule is COc1cc([C@H]2C3=CCn4c(=O)n(-c5ccccc5)c(=O)n4[C@@H]3C[C@H]3C(=O)C=C(C)C(=O)[C@@]23C)cc(Cl)c1O. The summed E-state index contributed by atoms with van der Waals surface area (Å²) in [6, 6.07) is 11.2. The Hall–Kier alpha value is -4.11. The van der Waals surface area contributed by atoms with Gasteiger partial charge < -0.3 is 9.84 Å². The highest BCUT2D eigenvalue weighted by Gasteiger charge is 2.59. The molecule has 0 radical (unpaired) electrons. The van der Waals surface area contributed by atoms with E-state index < -0.39 is 34.7 Å². The standard InChI is InChI=1S/C29H26ClN3O6/c1-15-11-22(34)19-14-21-18(9-10-31-27(37)32(28(38)33(21)31)17-7-5-4-6-8-17)24(29(19,2)26(15)36)16-12-20(30)25(35)23(13-16)39-3/h4-9,11-13,19,21,24,35H,10,14H2,1-3H3/t19-,21+,24-,29+/m0/s1. The Morgan fingerprint density at radius 2 is 1.79 bits per heavy atom. The number of Topliss-reactive ketones (excluding diaryl/α,β-unsaturated/α-hetero) is 1. The van der Waals surface area contributed by atoms with E-state index in [0.717, 1.165) is 10.1 Å². The van der Waals surface area contributed by atoms with Crippen LogP contribution in [-0.2, 0) is 16.1 Å². The molecule has 0 bridgehead atoms. The molecule has 4 atom stereocenters. The molecule has 6 rings (SSSR count). The summed E-state index contributed by atoms with van der Waals surface area (Å²) in [4.78, 5) is 54.6. The van der Waals surface area contributed by atoms with E-state index in [4.69, 9.17) is 16.3 Å². The number of halogens is 1. The van der Waals surface area contributed by atoms with Crippen LogP contribution in [0.1, 0.15) is 37.8 Å². The number of methoxy groups -OCH3 is 1. The van der Waals surface area contributed by atoms with E-state index in [2.05, 4.69) is 0 Å². The molecule has 1 aromatic heterocycles. The molecule has 2 aromatic carbocycles. The van der Waals surface area contributed by atoms with E-state index in [1.54, 1.807) is 56.3 Å². The van der Waals surface area contributed by atoms with Gasteiger partial charge in [0.25, 0.3) is 0 Å². The van der Waals surface area contributed by atoms with Crippen molar-refractivity contribution in [3.63, 3.8) is 0 Å². The van der Waals surface area contributed by atoms with Crippen molar-refractivity contribution in [1.82, 2.24) is 13.9 Å². The summed E-state index contributed by atoms with van der Waals surface area (Å²) in [6.07, 6.45) is 3.42. The molecular formula is C29H26ClN3O6. The molecule has 1 aliphatic heterocycles. The first-order valence-electron chi connectivity index (χ1n) is 12.6. The van der Waals surface area contributed by atoms with Gasteiger partial charge in [-0.05, 0) is 60.4 Å². The number of benzene rings is 2. The Kier molecular flexibility index (Phi) is 5.62. The first-order valence-corrected chi connectivity index (χ1v) is 13.0. The third kappa shape index (κ3) is 3.39. The van der Waals surface area contributed by atoms with Crippen molar-refractivity contribution in [3.8, 4) is 17.2 Å². The van der Waals surface area contributed by atoms with E-state index in [-0.39, 0.29) is 41.1 Å². The smallest absolute Gasteiger partial charge is 0.352 e. The van der Waals surface area contributed by atoms with Crippen molar-refractivity contribution < 1.29 is 19.4 Å². The number of phenols is 1. The second-order valence-corrected chi connectivity index (χ2v) is 10.9. The van der Waals surface area contributed by atoms with Crippen LogP contribution in [0.2, 0.25) is 5.02 Å². The van der Waals surface area contributed by atoms with Crippen LogP contribution in [0.25, 0.3) is 5.69 Å². The highest BCUT2D eigenvalue weighted by atomic mass is 35.5. The quantitative estimate of drug-likeness (QED) is 0.502. The van der Waals surface area contributed by atoms with Crippen LogP contribution in [-0.4, -0.2) is 37.7 Å². The zero-order chi connectivity index (χ0) is 27.8. The molecule has 9 nitrogen and oxygen atoms in total. The van der Waals surface area contributed by atoms with Crippen LogP contribution < -0.4 is 16.1 Å². The zero-order valence-corrected chi connectivity index (χ0v) is 22.3. The van der Waals surface area contributed by atoms with Crippen molar-refractivity contribution >= 4 is 23.2 Å². The number of carbonyl (C=O) groups is 2. The van der Waals surface area contributed by atoms with Gasteiger partial charge in [0, 0.05) is 11.8 Å². The fourth-order valence-corrected chi connectivity index (χ4v) is 6.97. The molecule has 2 aliphatic carbocycles. The number of ether oxygens (including phenoxy) is 1. The summed E-state index contributed by atoms with van der Waals surface area (Å²) >= 11 is 6.39. The van der Waals surface area contributed by atoms with Gasteiger partial charge in [0.1, 0.15) is 0 Å². The monoisotopic (exact) mass is 547 g/mol. The lowest BCUT2D eigenvalue weighted by molar-refractivity contribution is -0.139. The van der Waals surface area contributed by atoms with E-state index >= 15 is 0 Å². The fourth-order valence-electron chi connectivity index (χ4n) is 6.75. The molecule has 0 amide bonds. The van der Waals surface area contributed by atoms with Gasteiger partial charge in [0.05, 0.1) is 35.8 Å². The van der Waals surface area contributed by atoms with Crippen molar-refractivity contribution in [2.75, 3.05) is 7.11 Å². The molecule has 39 heavy (non-hydrogen) atoms. The molecule has 10 heteroatoms. The molecule has 0 saturated heterocycles. The third-order valence-corrected chi connectivity index (χ3v) is 8.81. The molecule has 1 fully saturated rings. The van der Waals surface area contributed by atoms with Gasteiger partial charge in [-0.15, -0.1) is 0 Å². The van der Waals surface area contributed by atoms with Crippen LogP contribution >= 0.6 is 11.6 Å². The predicted molar refractivity (Wildman–Crippen MR) is 144 cm³/mol. The number of aromatic hydroxyl groups is 1. The molecule has 2 heterocycles. The Bertz CT molecular complexity index is 1740. The van der Waals surface area contributed by atoms with Gasteiger partial charge in [0.2, 0.25) is 0 Å². The number of aromatic nitrogens is 3. The van der Waals surface area contributed by atoms with Crippen LogP contribution in [0.3, 0.4) is 0 Å². The first kappa shape index (κ1) is 25.2. The molecule has 0 spiro atoms. The van der Waals surface area contributed by atoms with E-state index in [0.29, 0.717) is 16.8 Å². The molecule has 3 aromatic rings. The average molecular weight is 548 g/mol. The maximum Gasteiger partial charge on any atom is 0.352 e. The number of phenolic OH excluding ortho intramolecular Hbond substituents is 1. The second-order valence-electron chi connectivity index (χ2n) is 10.5. The van der Waals surface area contributed by atoms with Gasteiger partial charge in [0.15, 0.2) is 23.1 Å². The first-order chi connectivity index (χ1) is 18.6. The normalized spacial score (nSPS) is 25.8. The fraction of sp³-hybridized carbons (Fsp3) is 0.310. The van der Waals surface area contributed by atoms with Crippen molar-refractivity contribution in [3.05, 3.63) is 97.3 Å². The molecular weight excluding hydrogens is 522 g/mol. The van der Waals surface area contributed by atoms with E-state index in [1.165, 1.54) is 22.5 Å². The summed E-state index contributed by atoms with van der Waals surface area (Å²) in [6.45, 7) is 3.52. The maximum absolute atomic E-state index is 13.9. The van der Waals surface area contributed by atoms with Crippen molar-refractivity contribution in [1.29, 1.82) is 0 Å². The summed E-state index contributed by atoms with van der Waals surface area (Å²) in [7, 11) is 1.40. The summed E-state index contributed by atoms with van der Waals surface area (Å²) in [5, 5.41) is 10.4. The lowest BCUT2D eigenvalue weighted by atomic mass is 9.51. The Labute approximate surface area is 228 Å². The topological polar surface area (TPSA) is 113 Å². The zero-order valence-electron chi connectivity index (χ0n) is 21.6. The van der Waals surface area contributed by atoms with E-state index in [1.807, 2.05) is 6.08 Å². The van der Waals surface area contributed by atoms with Gasteiger partial charge in [-0.3, -0.25) is 9.59 Å². The average Bonchev–Trinajstić information content (AvgIpc) is 3.18. The lowest BCUT2D eigenvalue weighted by Crippen LogP contribution is -2.54. The number of para-hydroxylation sites is 1. The van der Waals surface area contributed by atoms with Crippen LogP contribution in [0.4, 0.5) is 0 Å². The minimum absolute atomic E-state index is 0.0363. The number of hydrogen-bond donors (Lipinski definition) is 1. The lowest BCUT2D eigenvalue weighted by Gasteiger charge is -2.52. The Morgan fingerprint density at radius 3 is 2.49 bits per heavy atom. The third-order valence-electron chi connectivity index (χ3n) is 8.52. The molecule has 1 N–H and O–H groups in total. The predicted octanol–water partition coefficient (Wildman–Crippen LogP) is 3.56. The largest absolute Gasteiger partial charge is 0.503 e. The number of ketones is 2. The number of rotatable bonds is 3. The highest BCUT2D eigenvalue weighted by Crippen LogP contribution is 2.60. The van der Waals surface area contributed by atoms with Crippen LogP contribution in [0.5, 0.6) is 11.5 Å². The van der Waals surface area contributed by atoms with Crippen molar-refractivity contribution in [2.45, 2.75) is 38.8 Å². The number of nitrogens with zero attached hydrogens (tertiary/aromatic N) is 3. The number of fused-ring (bicyclic) bond motifs is 4. The van der Waals surface area contributed by atoms with Gasteiger partial charge in [-0.2, -0.15) is 0 Å². The maximum atomic E-state index is 13.9. The second kappa shape index (κ2) is 8.71. The van der Waals surface area contributed by atoms with Crippen molar-refractivity contribution in [2.24, 2.45) is 11.3 Å². The highest BCUT2D eigenvalue weighted by molar-refractivity contribution is 6.32. The number of hydrogen-bond acceptors (Lipinski definition) is 6. The molecule has 3 aliphatic rings. The Balaban J connectivity index is 1.61. The number of carbonyl (C=O) groups excluding carboxylic acids is 2. The van der Waals surface area contributed by atoms with Crippen LogP contribution in [0.15, 0.2) is 75.4 Å². The molecule has 0 unspecified atom stereocenters. The molecule has 200 valence electrons. The Morgan fingerprint density at radius 1 is 1.08 bits per heavy atom.